The lowest BCUT2D eigenvalue weighted by Crippen LogP contribution is -2.81. The van der Waals surface area contributed by atoms with Gasteiger partial charge in [0.1, 0.15) is 22.7 Å². The number of likely N-dealkylation sites (N-methyl/N-ethyl adjacent to an activating group) is 1. The van der Waals surface area contributed by atoms with Crippen molar-refractivity contribution < 1.29 is 44.7 Å². The molecule has 1 heterocycles. The zero-order valence-corrected chi connectivity index (χ0v) is 19.1. The second-order valence-corrected chi connectivity index (χ2v) is 10.3. The number of ether oxygens (including phenoxy) is 1. The highest BCUT2D eigenvalue weighted by Crippen LogP contribution is 2.72. The first-order chi connectivity index (χ1) is 15.6. The van der Waals surface area contributed by atoms with Crippen molar-refractivity contribution in [1.29, 1.82) is 0 Å². The SMILES string of the molecule is CN(C)[C@@H]1C(=O)C(C(N)=O)=C(O)C2(O)[C@H]1[C@@H](O)[C@@H]1[C@@]3(C)O[C@@]2(O)[C@@]1(Cl)C(=O)c1c(O)cccc13. The molecule has 3 aliphatic carbocycles. The molecule has 0 radical (unpaired) electrons. The number of halogens is 1. The van der Waals surface area contributed by atoms with Crippen LogP contribution in [0.25, 0.3) is 0 Å². The van der Waals surface area contributed by atoms with Gasteiger partial charge in [-0.15, -0.1) is 11.6 Å². The minimum Gasteiger partial charge on any atom is -0.508 e. The molecule has 182 valence electrons. The molecule has 5 rings (SSSR count). The number of benzene rings is 1. The second kappa shape index (κ2) is 6.36. The van der Waals surface area contributed by atoms with Crippen LogP contribution < -0.4 is 5.73 Å². The monoisotopic (exact) mass is 494 g/mol. The van der Waals surface area contributed by atoms with E-state index in [0.717, 1.165) is 0 Å². The summed E-state index contributed by atoms with van der Waals surface area (Å²) < 4.78 is 5.95. The molecule has 1 saturated carbocycles. The Hall–Kier alpha value is -2.54. The summed E-state index contributed by atoms with van der Waals surface area (Å²) >= 11 is 6.81. The van der Waals surface area contributed by atoms with Crippen molar-refractivity contribution in [3.63, 3.8) is 0 Å². The summed E-state index contributed by atoms with van der Waals surface area (Å²) in [6.45, 7) is 1.41. The number of alkyl halides is 1. The first kappa shape index (κ1) is 23.2. The van der Waals surface area contributed by atoms with E-state index >= 15 is 0 Å². The van der Waals surface area contributed by atoms with Gasteiger partial charge in [-0.25, -0.2) is 0 Å². The minimum atomic E-state index is -3.16. The minimum absolute atomic E-state index is 0.0855. The number of primary amides is 1. The van der Waals surface area contributed by atoms with Crippen LogP contribution in [0.1, 0.15) is 22.8 Å². The summed E-state index contributed by atoms with van der Waals surface area (Å²) in [6, 6.07) is 2.63. The van der Waals surface area contributed by atoms with Crippen molar-refractivity contribution in [2.45, 2.75) is 40.9 Å². The van der Waals surface area contributed by atoms with Crippen LogP contribution in [0.4, 0.5) is 0 Å². The number of hydrogen-bond donors (Lipinski definition) is 6. The molecule has 1 unspecified atom stereocenters. The van der Waals surface area contributed by atoms with Gasteiger partial charge in [-0.3, -0.25) is 19.3 Å². The van der Waals surface area contributed by atoms with Crippen LogP contribution in [0.3, 0.4) is 0 Å². The lowest BCUT2D eigenvalue weighted by Gasteiger charge is -2.59. The number of nitrogens with two attached hydrogens (primary N) is 1. The van der Waals surface area contributed by atoms with E-state index < -0.39 is 80.4 Å². The standard InChI is InChI=1S/C22H23ClN2O9/c1-19-7-5-4-6-8(26)9(7)16(29)20(23)15(19)14(28)11-12(25(2)3)13(27)10(18(24)31)17(30)21(11,32)22(20,33)34-19/h4-6,11-12,14-15,26,28,30,32-33H,1-3H3,(H2,24,31)/t11-,12+,14-,15-,19+,20+,21?,22+/m1/s1. The van der Waals surface area contributed by atoms with Crippen LogP contribution in [-0.2, 0) is 19.9 Å². The molecule has 1 aliphatic heterocycles. The zero-order valence-electron chi connectivity index (χ0n) is 18.3. The number of ketones is 2. The molecule has 1 aromatic carbocycles. The summed E-state index contributed by atoms with van der Waals surface area (Å²) in [5.41, 5.74) is -0.775. The molecular weight excluding hydrogens is 472 g/mol. The summed E-state index contributed by atoms with van der Waals surface area (Å²) in [5, 5.41) is 57.1. The fourth-order valence-corrected chi connectivity index (χ4v) is 7.28. The van der Waals surface area contributed by atoms with Gasteiger partial charge in [0.25, 0.3) is 5.91 Å². The molecular formula is C22H23ClN2O9. The van der Waals surface area contributed by atoms with Gasteiger partial charge in [-0.2, -0.15) is 0 Å². The number of fused-ring (bicyclic) bond motifs is 4. The highest BCUT2D eigenvalue weighted by atomic mass is 35.5. The molecule has 7 N–H and O–H groups in total. The number of carbonyl (C=O) groups is 3. The lowest BCUT2D eigenvalue weighted by molar-refractivity contribution is -0.328. The van der Waals surface area contributed by atoms with E-state index in [1.165, 1.54) is 44.1 Å². The van der Waals surface area contributed by atoms with Crippen LogP contribution in [0.5, 0.6) is 5.75 Å². The molecule has 4 bridgehead atoms. The molecule has 1 saturated heterocycles. The summed E-state index contributed by atoms with van der Waals surface area (Å²) in [7, 11) is 2.85. The third kappa shape index (κ3) is 2.07. The highest BCUT2D eigenvalue weighted by molar-refractivity contribution is 6.41. The third-order valence-electron chi connectivity index (χ3n) is 7.97. The third-order valence-corrected chi connectivity index (χ3v) is 8.64. The average Bonchev–Trinajstić information content (AvgIpc) is 2.85. The first-order valence-corrected chi connectivity index (χ1v) is 10.8. The van der Waals surface area contributed by atoms with Crippen molar-refractivity contribution in [2.75, 3.05) is 14.1 Å². The zero-order chi connectivity index (χ0) is 25.3. The highest BCUT2D eigenvalue weighted by Gasteiger charge is 2.90. The van der Waals surface area contributed by atoms with Crippen molar-refractivity contribution in [2.24, 2.45) is 17.6 Å². The molecule has 12 heteroatoms. The van der Waals surface area contributed by atoms with E-state index in [1.807, 2.05) is 0 Å². The fourth-order valence-electron chi connectivity index (χ4n) is 6.67. The van der Waals surface area contributed by atoms with E-state index in [-0.39, 0.29) is 11.1 Å². The Balaban J connectivity index is 1.91. The molecule has 2 fully saturated rings. The van der Waals surface area contributed by atoms with Crippen molar-refractivity contribution >= 4 is 29.1 Å². The predicted molar refractivity (Wildman–Crippen MR) is 114 cm³/mol. The van der Waals surface area contributed by atoms with Crippen LogP contribution in [-0.4, -0.2) is 90.4 Å². The summed E-state index contributed by atoms with van der Waals surface area (Å²) in [5.74, 6) is -11.6. The Kier molecular flexibility index (Phi) is 4.34. The van der Waals surface area contributed by atoms with E-state index in [2.05, 4.69) is 0 Å². The number of phenols is 1. The van der Waals surface area contributed by atoms with Gasteiger partial charge in [0, 0.05) is 5.92 Å². The molecule has 1 aromatic rings. The maximum atomic E-state index is 13.7. The number of aliphatic hydroxyl groups is 4. The summed E-state index contributed by atoms with van der Waals surface area (Å²) in [6.07, 6.45) is -1.82. The fraction of sp³-hybridized carbons (Fsp3) is 0.500. The van der Waals surface area contributed by atoms with E-state index in [0.29, 0.717) is 0 Å². The maximum absolute atomic E-state index is 13.7. The number of rotatable bonds is 2. The second-order valence-electron chi connectivity index (χ2n) is 9.71. The molecule has 0 aromatic heterocycles. The summed E-state index contributed by atoms with van der Waals surface area (Å²) in [4.78, 5) is 37.7. The number of amides is 1. The Morgan fingerprint density at radius 2 is 1.82 bits per heavy atom. The van der Waals surface area contributed by atoms with Crippen molar-refractivity contribution in [3.05, 3.63) is 40.7 Å². The van der Waals surface area contributed by atoms with Crippen LogP contribution >= 0.6 is 11.6 Å². The lowest BCUT2D eigenvalue weighted by atomic mass is 9.50. The van der Waals surface area contributed by atoms with Gasteiger partial charge < -0.3 is 36.0 Å². The average molecular weight is 495 g/mol. The van der Waals surface area contributed by atoms with Gasteiger partial charge in [0.05, 0.1) is 23.6 Å². The molecule has 4 aliphatic rings. The number of hydrogen-bond acceptors (Lipinski definition) is 10. The maximum Gasteiger partial charge on any atom is 0.255 e. The molecule has 34 heavy (non-hydrogen) atoms. The number of aliphatic hydroxyl groups excluding tert-OH is 2. The number of carbonyl (C=O) groups excluding carboxylic acids is 3. The molecule has 1 amide bonds. The molecule has 0 spiro atoms. The number of Topliss-reactive ketones (excluding diaryl/α,β-unsaturated/α-hetero) is 2. The molecule has 8 atom stereocenters. The quantitative estimate of drug-likeness (QED) is 0.211. The van der Waals surface area contributed by atoms with E-state index in [1.54, 1.807) is 0 Å². The molecule has 11 nitrogen and oxygen atoms in total. The number of aromatic hydroxyl groups is 1. The Morgan fingerprint density at radius 1 is 1.21 bits per heavy atom. The topological polar surface area (TPSA) is 191 Å². The Morgan fingerprint density at radius 3 is 2.38 bits per heavy atom. The smallest absolute Gasteiger partial charge is 0.255 e. The number of phenolic OH excluding ortho intramolecular Hbond substituents is 1. The van der Waals surface area contributed by atoms with Gasteiger partial charge >= 0.3 is 0 Å². The normalized spacial score (nSPS) is 44.8. The van der Waals surface area contributed by atoms with Gasteiger partial charge in [0.2, 0.25) is 5.79 Å². The van der Waals surface area contributed by atoms with Gasteiger partial charge in [-0.1, -0.05) is 12.1 Å². The van der Waals surface area contributed by atoms with Crippen molar-refractivity contribution in [1.82, 2.24) is 4.90 Å². The Bertz CT molecular complexity index is 1230. The van der Waals surface area contributed by atoms with E-state index in [4.69, 9.17) is 22.1 Å². The van der Waals surface area contributed by atoms with Crippen LogP contribution in [0.2, 0.25) is 0 Å². The van der Waals surface area contributed by atoms with Gasteiger partial charge in [0.15, 0.2) is 22.0 Å². The van der Waals surface area contributed by atoms with E-state index in [9.17, 15) is 39.9 Å². The number of nitrogens with zero attached hydrogens (tertiary/aromatic N) is 1. The predicted octanol–water partition coefficient (Wildman–Crippen LogP) is -1.35. The van der Waals surface area contributed by atoms with Crippen LogP contribution in [0.15, 0.2) is 29.5 Å². The van der Waals surface area contributed by atoms with Crippen molar-refractivity contribution in [3.8, 4) is 5.75 Å². The first-order valence-electron chi connectivity index (χ1n) is 10.5. The largest absolute Gasteiger partial charge is 0.508 e. The van der Waals surface area contributed by atoms with Gasteiger partial charge in [-0.05, 0) is 32.6 Å². The Labute approximate surface area is 198 Å². The van der Waals surface area contributed by atoms with Crippen LogP contribution in [0, 0.1) is 11.8 Å².